The summed E-state index contributed by atoms with van der Waals surface area (Å²) in [5, 5.41) is 10.6. The number of aromatic amines is 1. The van der Waals surface area contributed by atoms with Gasteiger partial charge in [-0.3, -0.25) is 5.10 Å². The van der Waals surface area contributed by atoms with Crippen LogP contribution < -0.4 is 5.32 Å². The number of hydrogen-bond acceptors (Lipinski definition) is 2. The molecule has 0 saturated heterocycles. The zero-order chi connectivity index (χ0) is 9.86. The van der Waals surface area contributed by atoms with Gasteiger partial charge in [0.1, 0.15) is 0 Å². The van der Waals surface area contributed by atoms with Crippen molar-refractivity contribution in [3.8, 4) is 0 Å². The highest BCUT2D eigenvalue weighted by molar-refractivity contribution is 4.98. The van der Waals surface area contributed by atoms with Crippen molar-refractivity contribution in [3.05, 3.63) is 18.0 Å². The maximum atomic E-state index is 3.94. The van der Waals surface area contributed by atoms with Crippen LogP contribution in [0.4, 0.5) is 0 Å². The molecule has 1 heterocycles. The van der Waals surface area contributed by atoms with Crippen LogP contribution in [0.15, 0.2) is 12.3 Å². The molecule has 78 valence electrons. The summed E-state index contributed by atoms with van der Waals surface area (Å²) in [6.45, 7) is 3.25. The second-order valence-electron chi connectivity index (χ2n) is 4.56. The topological polar surface area (TPSA) is 40.7 Å². The molecule has 1 aliphatic carbocycles. The molecule has 0 aromatic carbocycles. The van der Waals surface area contributed by atoms with E-state index in [1.807, 2.05) is 6.07 Å². The van der Waals surface area contributed by atoms with E-state index in [-0.39, 0.29) is 0 Å². The van der Waals surface area contributed by atoms with E-state index in [1.165, 1.54) is 37.8 Å². The van der Waals surface area contributed by atoms with Crippen molar-refractivity contribution in [2.75, 3.05) is 0 Å². The van der Waals surface area contributed by atoms with Gasteiger partial charge in [0.15, 0.2) is 0 Å². The maximum absolute atomic E-state index is 3.94. The standard InChI is InChI=1S/C11H19N3/c1-11(6-3-2-4-7-11)12-9-10-5-8-13-14-10/h5,8,12H,2-4,6-7,9H2,1H3,(H,13,14). The highest BCUT2D eigenvalue weighted by atomic mass is 15.1. The van der Waals surface area contributed by atoms with Crippen LogP contribution in [0, 0.1) is 0 Å². The van der Waals surface area contributed by atoms with E-state index in [4.69, 9.17) is 0 Å². The molecule has 0 bridgehead atoms. The van der Waals surface area contributed by atoms with Crippen molar-refractivity contribution in [2.45, 2.75) is 51.1 Å². The van der Waals surface area contributed by atoms with Crippen molar-refractivity contribution in [3.63, 3.8) is 0 Å². The Morgan fingerprint density at radius 2 is 2.21 bits per heavy atom. The summed E-state index contributed by atoms with van der Waals surface area (Å²) in [4.78, 5) is 0. The minimum Gasteiger partial charge on any atom is -0.306 e. The number of nitrogens with one attached hydrogen (secondary N) is 2. The molecule has 3 nitrogen and oxygen atoms in total. The number of hydrogen-bond donors (Lipinski definition) is 2. The highest BCUT2D eigenvalue weighted by Crippen LogP contribution is 2.27. The van der Waals surface area contributed by atoms with E-state index < -0.39 is 0 Å². The molecule has 1 aromatic rings. The lowest BCUT2D eigenvalue weighted by Gasteiger charge is -2.34. The van der Waals surface area contributed by atoms with E-state index in [0.29, 0.717) is 5.54 Å². The Bertz CT molecular complexity index is 260. The van der Waals surface area contributed by atoms with E-state index in [9.17, 15) is 0 Å². The molecule has 0 spiro atoms. The van der Waals surface area contributed by atoms with Gasteiger partial charge in [-0.15, -0.1) is 0 Å². The second-order valence-corrected chi connectivity index (χ2v) is 4.56. The summed E-state index contributed by atoms with van der Waals surface area (Å²) < 4.78 is 0. The monoisotopic (exact) mass is 193 g/mol. The third-order valence-electron chi connectivity index (χ3n) is 3.22. The third kappa shape index (κ3) is 2.35. The SMILES string of the molecule is CC1(NCc2ccn[nH]2)CCCCC1. The smallest absolute Gasteiger partial charge is 0.0490 e. The van der Waals surface area contributed by atoms with Gasteiger partial charge in [0.05, 0.1) is 0 Å². The van der Waals surface area contributed by atoms with Gasteiger partial charge < -0.3 is 5.32 Å². The molecule has 2 N–H and O–H groups in total. The van der Waals surface area contributed by atoms with Crippen LogP contribution in [0.1, 0.15) is 44.7 Å². The Hall–Kier alpha value is -0.830. The molecule has 0 atom stereocenters. The lowest BCUT2D eigenvalue weighted by Crippen LogP contribution is -2.43. The normalized spacial score (nSPS) is 20.9. The van der Waals surface area contributed by atoms with Crippen molar-refractivity contribution in [2.24, 2.45) is 0 Å². The van der Waals surface area contributed by atoms with Crippen LogP contribution in [0.2, 0.25) is 0 Å². The largest absolute Gasteiger partial charge is 0.306 e. The van der Waals surface area contributed by atoms with Crippen LogP contribution >= 0.6 is 0 Å². The molecule has 1 aliphatic rings. The van der Waals surface area contributed by atoms with Gasteiger partial charge in [0.2, 0.25) is 0 Å². The highest BCUT2D eigenvalue weighted by Gasteiger charge is 2.25. The van der Waals surface area contributed by atoms with Crippen molar-refractivity contribution < 1.29 is 0 Å². The van der Waals surface area contributed by atoms with E-state index in [2.05, 4.69) is 22.4 Å². The first-order chi connectivity index (χ1) is 6.79. The molecule has 2 rings (SSSR count). The summed E-state index contributed by atoms with van der Waals surface area (Å²) in [5.41, 5.74) is 1.53. The van der Waals surface area contributed by atoms with Crippen LogP contribution in [-0.2, 0) is 6.54 Å². The quantitative estimate of drug-likeness (QED) is 0.772. The molecule has 0 aliphatic heterocycles. The molecule has 14 heavy (non-hydrogen) atoms. The van der Waals surface area contributed by atoms with Crippen LogP contribution in [0.3, 0.4) is 0 Å². The molecule has 0 radical (unpaired) electrons. The molecule has 0 amide bonds. The first-order valence-electron chi connectivity index (χ1n) is 5.52. The molecule has 1 saturated carbocycles. The van der Waals surface area contributed by atoms with Crippen molar-refractivity contribution in [1.82, 2.24) is 15.5 Å². The lowest BCUT2D eigenvalue weighted by molar-refractivity contribution is 0.251. The zero-order valence-corrected chi connectivity index (χ0v) is 8.84. The molecule has 3 heteroatoms. The molecular weight excluding hydrogens is 174 g/mol. The van der Waals surface area contributed by atoms with Gasteiger partial charge in [-0.05, 0) is 25.8 Å². The molecule has 0 unspecified atom stereocenters. The summed E-state index contributed by atoms with van der Waals surface area (Å²) in [6.07, 6.45) is 8.56. The Morgan fingerprint density at radius 3 is 2.86 bits per heavy atom. The second kappa shape index (κ2) is 4.13. The van der Waals surface area contributed by atoms with Gasteiger partial charge in [-0.2, -0.15) is 5.10 Å². The van der Waals surface area contributed by atoms with Gasteiger partial charge in [-0.25, -0.2) is 0 Å². The Kier molecular flexibility index (Phi) is 2.87. The average molecular weight is 193 g/mol. The number of rotatable bonds is 3. The van der Waals surface area contributed by atoms with Crippen LogP contribution in [0.5, 0.6) is 0 Å². The summed E-state index contributed by atoms with van der Waals surface area (Å²) in [5.74, 6) is 0. The molecular formula is C11H19N3. The van der Waals surface area contributed by atoms with Gasteiger partial charge in [-0.1, -0.05) is 19.3 Å². The zero-order valence-electron chi connectivity index (χ0n) is 8.84. The average Bonchev–Trinajstić information content (AvgIpc) is 2.69. The molecule has 1 fully saturated rings. The van der Waals surface area contributed by atoms with Gasteiger partial charge in [0.25, 0.3) is 0 Å². The van der Waals surface area contributed by atoms with Crippen LogP contribution in [-0.4, -0.2) is 15.7 Å². The third-order valence-corrected chi connectivity index (χ3v) is 3.22. The fourth-order valence-electron chi connectivity index (χ4n) is 2.20. The number of aromatic nitrogens is 2. The minimum absolute atomic E-state index is 0.351. The molecule has 1 aromatic heterocycles. The fourth-order valence-corrected chi connectivity index (χ4v) is 2.20. The first-order valence-corrected chi connectivity index (χ1v) is 5.52. The maximum Gasteiger partial charge on any atom is 0.0490 e. The van der Waals surface area contributed by atoms with E-state index in [0.717, 1.165) is 6.54 Å². The fraction of sp³-hybridized carbons (Fsp3) is 0.727. The first kappa shape index (κ1) is 9.71. The summed E-state index contributed by atoms with van der Waals surface area (Å²) >= 11 is 0. The Balaban J connectivity index is 1.84. The summed E-state index contributed by atoms with van der Waals surface area (Å²) in [6, 6.07) is 2.03. The minimum atomic E-state index is 0.351. The number of nitrogens with zero attached hydrogens (tertiary/aromatic N) is 1. The van der Waals surface area contributed by atoms with E-state index >= 15 is 0 Å². The predicted molar refractivity (Wildman–Crippen MR) is 56.9 cm³/mol. The van der Waals surface area contributed by atoms with Gasteiger partial charge in [0, 0.05) is 24.0 Å². The van der Waals surface area contributed by atoms with Crippen LogP contribution in [0.25, 0.3) is 0 Å². The Morgan fingerprint density at radius 1 is 1.43 bits per heavy atom. The van der Waals surface area contributed by atoms with Crippen molar-refractivity contribution >= 4 is 0 Å². The van der Waals surface area contributed by atoms with Gasteiger partial charge >= 0.3 is 0 Å². The Labute approximate surface area is 85.3 Å². The number of H-pyrrole nitrogens is 1. The van der Waals surface area contributed by atoms with E-state index in [1.54, 1.807) is 6.20 Å². The van der Waals surface area contributed by atoms with Crippen molar-refractivity contribution in [1.29, 1.82) is 0 Å². The lowest BCUT2D eigenvalue weighted by atomic mass is 9.83. The summed E-state index contributed by atoms with van der Waals surface area (Å²) in [7, 11) is 0. The predicted octanol–water partition coefficient (Wildman–Crippen LogP) is 2.22.